The quantitative estimate of drug-likeness (QED) is 0.562. The van der Waals surface area contributed by atoms with E-state index in [1.54, 1.807) is 18.2 Å². The third-order valence-electron chi connectivity index (χ3n) is 2.41. The van der Waals surface area contributed by atoms with E-state index in [2.05, 4.69) is 6.07 Å². The Labute approximate surface area is 93.8 Å². The van der Waals surface area contributed by atoms with Crippen molar-refractivity contribution in [3.05, 3.63) is 71.2 Å². The van der Waals surface area contributed by atoms with Crippen LogP contribution in [0.5, 0.6) is 0 Å². The van der Waals surface area contributed by atoms with Gasteiger partial charge in [0, 0.05) is 12.1 Å². The first-order chi connectivity index (χ1) is 7.83. The minimum atomic E-state index is -0.514. The van der Waals surface area contributed by atoms with Crippen molar-refractivity contribution in [2.75, 3.05) is 0 Å². The summed E-state index contributed by atoms with van der Waals surface area (Å²) in [6.07, 6.45) is 1.41. The number of rotatable bonds is 2. The lowest BCUT2D eigenvalue weighted by molar-refractivity contribution is -0.614. The zero-order valence-electron chi connectivity index (χ0n) is 8.58. The summed E-state index contributed by atoms with van der Waals surface area (Å²) >= 11 is 0. The maximum atomic E-state index is 11.6. The van der Waals surface area contributed by atoms with E-state index in [0.717, 1.165) is 10.3 Å². The summed E-state index contributed by atoms with van der Waals surface area (Å²) in [6, 6.07) is 16.5. The van der Waals surface area contributed by atoms with Gasteiger partial charge in [-0.2, -0.15) is 9.99 Å². The first-order valence-corrected chi connectivity index (χ1v) is 4.95. The van der Waals surface area contributed by atoms with Gasteiger partial charge in [-0.05, 0) is 11.6 Å². The van der Waals surface area contributed by atoms with Gasteiger partial charge in [0.2, 0.25) is 5.69 Å². The molecule has 0 amide bonds. The third-order valence-corrected chi connectivity index (χ3v) is 2.41. The highest BCUT2D eigenvalue weighted by atomic mass is 16.5. The van der Waals surface area contributed by atoms with Gasteiger partial charge in [-0.15, -0.1) is 0 Å². The van der Waals surface area contributed by atoms with Crippen molar-refractivity contribution in [1.29, 1.82) is 5.26 Å². The maximum absolute atomic E-state index is 11.6. The highest BCUT2D eigenvalue weighted by Gasteiger charge is 2.20. The molecule has 0 fully saturated rings. The first kappa shape index (κ1) is 10.2. The van der Waals surface area contributed by atoms with Crippen LogP contribution in [0.3, 0.4) is 0 Å². The molecule has 3 heteroatoms. The SMILES string of the molecule is N#CC(c1ccccc1)c1cccc[n+]1[O-]. The van der Waals surface area contributed by atoms with Crippen molar-refractivity contribution in [3.8, 4) is 6.07 Å². The lowest BCUT2D eigenvalue weighted by Crippen LogP contribution is -2.32. The van der Waals surface area contributed by atoms with Crippen LogP contribution in [-0.2, 0) is 0 Å². The summed E-state index contributed by atoms with van der Waals surface area (Å²) in [4.78, 5) is 0. The number of hydrogen-bond acceptors (Lipinski definition) is 2. The normalized spacial score (nSPS) is 11.7. The molecule has 0 spiro atoms. The molecule has 0 aliphatic heterocycles. The Morgan fingerprint density at radius 1 is 1.06 bits per heavy atom. The summed E-state index contributed by atoms with van der Waals surface area (Å²) in [7, 11) is 0. The number of benzene rings is 1. The maximum Gasteiger partial charge on any atom is 0.214 e. The molecular formula is C13H10N2O. The van der Waals surface area contributed by atoms with Crippen LogP contribution in [-0.4, -0.2) is 0 Å². The van der Waals surface area contributed by atoms with Gasteiger partial charge in [-0.1, -0.05) is 30.3 Å². The van der Waals surface area contributed by atoms with E-state index >= 15 is 0 Å². The highest BCUT2D eigenvalue weighted by Crippen LogP contribution is 2.20. The fraction of sp³-hybridized carbons (Fsp3) is 0.0769. The Balaban J connectivity index is 2.47. The molecule has 0 N–H and O–H groups in total. The van der Waals surface area contributed by atoms with Crippen LogP contribution in [0, 0.1) is 16.5 Å². The minimum Gasteiger partial charge on any atom is -0.618 e. The van der Waals surface area contributed by atoms with E-state index < -0.39 is 5.92 Å². The fourth-order valence-electron chi connectivity index (χ4n) is 1.62. The van der Waals surface area contributed by atoms with Crippen LogP contribution in [0.25, 0.3) is 0 Å². The molecule has 0 radical (unpaired) electrons. The largest absolute Gasteiger partial charge is 0.618 e. The molecule has 0 aliphatic carbocycles. The van der Waals surface area contributed by atoms with Gasteiger partial charge < -0.3 is 5.21 Å². The lowest BCUT2D eigenvalue weighted by Gasteiger charge is -2.09. The van der Waals surface area contributed by atoms with E-state index in [1.807, 2.05) is 30.3 Å². The van der Waals surface area contributed by atoms with Crippen molar-refractivity contribution >= 4 is 0 Å². The molecule has 3 nitrogen and oxygen atoms in total. The van der Waals surface area contributed by atoms with Crippen molar-refractivity contribution in [1.82, 2.24) is 0 Å². The molecule has 16 heavy (non-hydrogen) atoms. The monoisotopic (exact) mass is 210 g/mol. The second-order valence-corrected chi connectivity index (χ2v) is 3.42. The molecule has 2 rings (SSSR count). The van der Waals surface area contributed by atoms with Crippen LogP contribution >= 0.6 is 0 Å². The second kappa shape index (κ2) is 4.45. The molecule has 1 unspecified atom stereocenters. The average Bonchev–Trinajstić information content (AvgIpc) is 2.34. The summed E-state index contributed by atoms with van der Waals surface area (Å²) in [5.41, 5.74) is 1.29. The van der Waals surface area contributed by atoms with Crippen LogP contribution in [0.4, 0.5) is 0 Å². The standard InChI is InChI=1S/C13H10N2O/c14-10-12(11-6-2-1-3-7-11)13-8-4-5-9-15(13)16/h1-9,12H. The van der Waals surface area contributed by atoms with Gasteiger partial charge in [0.25, 0.3) is 0 Å². The highest BCUT2D eigenvalue weighted by molar-refractivity contribution is 5.32. The Morgan fingerprint density at radius 3 is 2.38 bits per heavy atom. The van der Waals surface area contributed by atoms with Crippen molar-refractivity contribution in [3.63, 3.8) is 0 Å². The minimum absolute atomic E-state index is 0.455. The van der Waals surface area contributed by atoms with Gasteiger partial charge in [0.05, 0.1) is 6.07 Å². The van der Waals surface area contributed by atoms with Crippen molar-refractivity contribution in [2.24, 2.45) is 0 Å². The van der Waals surface area contributed by atoms with Crippen molar-refractivity contribution < 1.29 is 4.73 Å². The van der Waals surface area contributed by atoms with Gasteiger partial charge in [0.1, 0.15) is 0 Å². The lowest BCUT2D eigenvalue weighted by atomic mass is 9.97. The van der Waals surface area contributed by atoms with Gasteiger partial charge >= 0.3 is 0 Å². The molecule has 1 atom stereocenters. The Hall–Kier alpha value is -2.34. The molecule has 0 bridgehead atoms. The summed E-state index contributed by atoms with van der Waals surface area (Å²) < 4.78 is 0.737. The van der Waals surface area contributed by atoms with Gasteiger partial charge in [-0.3, -0.25) is 0 Å². The summed E-state index contributed by atoms with van der Waals surface area (Å²) in [5, 5.41) is 20.7. The molecule has 1 aromatic carbocycles. The molecule has 2 aromatic rings. The molecule has 0 saturated heterocycles. The summed E-state index contributed by atoms with van der Waals surface area (Å²) in [5.74, 6) is -0.514. The third kappa shape index (κ3) is 1.86. The van der Waals surface area contributed by atoms with Crippen LogP contribution in [0.2, 0.25) is 0 Å². The molecule has 1 heterocycles. The summed E-state index contributed by atoms with van der Waals surface area (Å²) in [6.45, 7) is 0. The number of hydrogen-bond donors (Lipinski definition) is 0. The van der Waals surface area contributed by atoms with Crippen LogP contribution in [0.15, 0.2) is 54.7 Å². The zero-order chi connectivity index (χ0) is 11.4. The molecule has 0 aliphatic rings. The Morgan fingerprint density at radius 2 is 1.75 bits per heavy atom. The molecular weight excluding hydrogens is 200 g/mol. The van der Waals surface area contributed by atoms with Gasteiger partial charge in [0.15, 0.2) is 12.1 Å². The smallest absolute Gasteiger partial charge is 0.214 e. The predicted octanol–water partition coefficient (Wildman–Crippen LogP) is 1.98. The van der Waals surface area contributed by atoms with Crippen LogP contribution in [0.1, 0.15) is 17.2 Å². The topological polar surface area (TPSA) is 50.7 Å². The second-order valence-electron chi connectivity index (χ2n) is 3.42. The average molecular weight is 210 g/mol. The number of nitrogens with zero attached hydrogens (tertiary/aromatic N) is 2. The number of aromatic nitrogens is 1. The fourth-order valence-corrected chi connectivity index (χ4v) is 1.62. The first-order valence-electron chi connectivity index (χ1n) is 4.95. The number of nitriles is 1. The van der Waals surface area contributed by atoms with Crippen LogP contribution < -0.4 is 4.73 Å². The molecule has 78 valence electrons. The van der Waals surface area contributed by atoms with Crippen molar-refractivity contribution in [2.45, 2.75) is 5.92 Å². The van der Waals surface area contributed by atoms with E-state index in [1.165, 1.54) is 6.20 Å². The molecule has 0 saturated carbocycles. The van der Waals surface area contributed by atoms with E-state index in [-0.39, 0.29) is 0 Å². The van der Waals surface area contributed by atoms with E-state index in [9.17, 15) is 5.21 Å². The molecule has 1 aromatic heterocycles. The Bertz CT molecular complexity index is 517. The predicted molar refractivity (Wildman–Crippen MR) is 59.3 cm³/mol. The number of pyridine rings is 1. The van der Waals surface area contributed by atoms with E-state index in [0.29, 0.717) is 5.69 Å². The van der Waals surface area contributed by atoms with E-state index in [4.69, 9.17) is 5.26 Å². The van der Waals surface area contributed by atoms with Gasteiger partial charge in [-0.25, -0.2) is 0 Å². The zero-order valence-corrected chi connectivity index (χ0v) is 8.58. The Kier molecular flexibility index (Phi) is 2.84.